The van der Waals surface area contributed by atoms with E-state index in [0.29, 0.717) is 6.42 Å². The van der Waals surface area contributed by atoms with Crippen LogP contribution in [-0.2, 0) is 17.6 Å². The molecule has 2 heteroatoms. The highest BCUT2D eigenvalue weighted by Crippen LogP contribution is 2.16. The van der Waals surface area contributed by atoms with E-state index in [1.54, 1.807) is 0 Å². The van der Waals surface area contributed by atoms with Crippen molar-refractivity contribution in [2.45, 2.75) is 32.6 Å². The molecule has 0 bridgehead atoms. The summed E-state index contributed by atoms with van der Waals surface area (Å²) in [4.78, 5) is 12.0. The van der Waals surface area contributed by atoms with Gasteiger partial charge in [-0.05, 0) is 36.5 Å². The van der Waals surface area contributed by atoms with Gasteiger partial charge < -0.3 is 5.32 Å². The number of hydrogen-bond acceptors (Lipinski definition) is 1. The first kappa shape index (κ1) is 14.3. The van der Waals surface area contributed by atoms with Crippen molar-refractivity contribution in [1.29, 1.82) is 0 Å². The lowest BCUT2D eigenvalue weighted by atomic mass is 10.1. The largest absolute Gasteiger partial charge is 0.326 e. The summed E-state index contributed by atoms with van der Waals surface area (Å²) in [6, 6.07) is 18.3. The van der Waals surface area contributed by atoms with Crippen molar-refractivity contribution in [3.05, 3.63) is 65.7 Å². The number of carbonyl (C=O) groups is 1. The van der Waals surface area contributed by atoms with Crippen LogP contribution in [0.15, 0.2) is 54.6 Å². The summed E-state index contributed by atoms with van der Waals surface area (Å²) in [7, 11) is 0. The quantitative estimate of drug-likeness (QED) is 0.834. The molecule has 0 unspecified atom stereocenters. The van der Waals surface area contributed by atoms with Gasteiger partial charge in [-0.2, -0.15) is 0 Å². The molecule has 0 spiro atoms. The number of amides is 1. The molecular formula is C18H21NO. The molecule has 2 rings (SSSR count). The summed E-state index contributed by atoms with van der Waals surface area (Å²) in [5.74, 6) is 0.0989. The minimum absolute atomic E-state index is 0.0989. The predicted octanol–water partition coefficient (Wildman–Crippen LogP) is 4.21. The Balaban J connectivity index is 1.81. The predicted molar refractivity (Wildman–Crippen MR) is 83.8 cm³/mol. The molecule has 2 nitrogen and oxygen atoms in total. The van der Waals surface area contributed by atoms with Crippen LogP contribution >= 0.6 is 0 Å². The molecule has 104 valence electrons. The Labute approximate surface area is 120 Å². The van der Waals surface area contributed by atoms with E-state index in [1.807, 2.05) is 36.4 Å². The van der Waals surface area contributed by atoms with Crippen LogP contribution in [-0.4, -0.2) is 5.91 Å². The van der Waals surface area contributed by atoms with Crippen LogP contribution in [0.4, 0.5) is 5.69 Å². The fourth-order valence-corrected chi connectivity index (χ4v) is 2.26. The van der Waals surface area contributed by atoms with Crippen LogP contribution < -0.4 is 5.32 Å². The molecule has 0 aliphatic rings. The third-order valence-electron chi connectivity index (χ3n) is 3.38. The molecule has 0 atom stereocenters. The zero-order chi connectivity index (χ0) is 14.2. The highest BCUT2D eigenvalue weighted by Gasteiger charge is 2.05. The fourth-order valence-electron chi connectivity index (χ4n) is 2.26. The first-order valence-corrected chi connectivity index (χ1v) is 7.21. The van der Waals surface area contributed by atoms with E-state index in [4.69, 9.17) is 0 Å². The third-order valence-corrected chi connectivity index (χ3v) is 3.38. The molecule has 0 radical (unpaired) electrons. The van der Waals surface area contributed by atoms with Gasteiger partial charge in [-0.1, -0.05) is 55.5 Å². The summed E-state index contributed by atoms with van der Waals surface area (Å²) in [5.41, 5.74) is 3.41. The van der Waals surface area contributed by atoms with Gasteiger partial charge in [0.25, 0.3) is 0 Å². The van der Waals surface area contributed by atoms with E-state index < -0.39 is 0 Å². The summed E-state index contributed by atoms with van der Waals surface area (Å²) in [6.07, 6.45) is 3.32. The van der Waals surface area contributed by atoms with Gasteiger partial charge in [0.2, 0.25) is 5.91 Å². The molecule has 2 aromatic carbocycles. The van der Waals surface area contributed by atoms with Crippen LogP contribution in [0, 0.1) is 0 Å². The molecule has 0 saturated heterocycles. The molecule has 2 aromatic rings. The van der Waals surface area contributed by atoms with Crippen LogP contribution in [0.5, 0.6) is 0 Å². The highest BCUT2D eigenvalue weighted by atomic mass is 16.1. The van der Waals surface area contributed by atoms with Crippen molar-refractivity contribution < 1.29 is 4.79 Å². The van der Waals surface area contributed by atoms with Crippen molar-refractivity contribution in [3.8, 4) is 0 Å². The van der Waals surface area contributed by atoms with E-state index in [0.717, 1.165) is 24.9 Å². The minimum atomic E-state index is 0.0989. The molecule has 20 heavy (non-hydrogen) atoms. The second-order valence-electron chi connectivity index (χ2n) is 4.90. The Kier molecular flexibility index (Phi) is 5.36. The number of para-hydroxylation sites is 1. The number of hydrogen-bond donors (Lipinski definition) is 1. The Morgan fingerprint density at radius 3 is 2.45 bits per heavy atom. The average molecular weight is 267 g/mol. The van der Waals surface area contributed by atoms with Crippen molar-refractivity contribution in [1.82, 2.24) is 0 Å². The number of aryl methyl sites for hydroxylation is 2. The molecular weight excluding hydrogens is 246 g/mol. The summed E-state index contributed by atoms with van der Waals surface area (Å²) >= 11 is 0. The van der Waals surface area contributed by atoms with Crippen molar-refractivity contribution in [3.63, 3.8) is 0 Å². The lowest BCUT2D eigenvalue weighted by molar-refractivity contribution is -0.116. The minimum Gasteiger partial charge on any atom is -0.326 e. The maximum absolute atomic E-state index is 12.0. The SMILES string of the molecule is CCc1ccccc1NC(=O)CCCc1ccccc1. The molecule has 0 aliphatic carbocycles. The molecule has 0 fully saturated rings. The van der Waals surface area contributed by atoms with Crippen molar-refractivity contribution >= 4 is 11.6 Å². The summed E-state index contributed by atoms with van der Waals surface area (Å²) in [6.45, 7) is 2.10. The Morgan fingerprint density at radius 1 is 1.00 bits per heavy atom. The normalized spacial score (nSPS) is 10.2. The number of anilines is 1. The number of rotatable bonds is 6. The Morgan fingerprint density at radius 2 is 1.70 bits per heavy atom. The van der Waals surface area contributed by atoms with Crippen LogP contribution in [0.3, 0.4) is 0 Å². The summed E-state index contributed by atoms with van der Waals surface area (Å²) in [5, 5.41) is 3.01. The molecule has 0 aliphatic heterocycles. The molecule has 0 aromatic heterocycles. The smallest absolute Gasteiger partial charge is 0.224 e. The zero-order valence-corrected chi connectivity index (χ0v) is 11.9. The monoisotopic (exact) mass is 267 g/mol. The molecule has 1 amide bonds. The van der Waals surface area contributed by atoms with Gasteiger partial charge in [0.15, 0.2) is 0 Å². The van der Waals surface area contributed by atoms with Gasteiger partial charge in [0.05, 0.1) is 0 Å². The molecule has 0 heterocycles. The topological polar surface area (TPSA) is 29.1 Å². The van der Waals surface area contributed by atoms with Gasteiger partial charge in [-0.3, -0.25) is 4.79 Å². The number of nitrogens with one attached hydrogen (secondary N) is 1. The zero-order valence-electron chi connectivity index (χ0n) is 11.9. The average Bonchev–Trinajstić information content (AvgIpc) is 2.49. The molecule has 1 N–H and O–H groups in total. The van der Waals surface area contributed by atoms with E-state index >= 15 is 0 Å². The maximum Gasteiger partial charge on any atom is 0.224 e. The molecule has 0 saturated carbocycles. The van der Waals surface area contributed by atoms with E-state index in [9.17, 15) is 4.79 Å². The van der Waals surface area contributed by atoms with E-state index in [1.165, 1.54) is 11.1 Å². The van der Waals surface area contributed by atoms with Gasteiger partial charge >= 0.3 is 0 Å². The van der Waals surface area contributed by atoms with Crippen LogP contribution in [0.25, 0.3) is 0 Å². The van der Waals surface area contributed by atoms with Gasteiger partial charge in [-0.15, -0.1) is 0 Å². The number of carbonyl (C=O) groups excluding carboxylic acids is 1. The van der Waals surface area contributed by atoms with Crippen LogP contribution in [0.2, 0.25) is 0 Å². The van der Waals surface area contributed by atoms with E-state index in [-0.39, 0.29) is 5.91 Å². The third kappa shape index (κ3) is 4.23. The van der Waals surface area contributed by atoms with Crippen molar-refractivity contribution in [2.75, 3.05) is 5.32 Å². The maximum atomic E-state index is 12.0. The van der Waals surface area contributed by atoms with Gasteiger partial charge in [-0.25, -0.2) is 0 Å². The lowest BCUT2D eigenvalue weighted by Gasteiger charge is -2.09. The van der Waals surface area contributed by atoms with E-state index in [2.05, 4.69) is 30.4 Å². The van der Waals surface area contributed by atoms with Gasteiger partial charge in [0.1, 0.15) is 0 Å². The second kappa shape index (κ2) is 7.49. The standard InChI is InChI=1S/C18H21NO/c1-2-16-12-6-7-13-17(16)19-18(20)14-8-11-15-9-4-3-5-10-15/h3-7,9-10,12-13H,2,8,11,14H2,1H3,(H,19,20). The van der Waals surface area contributed by atoms with Crippen molar-refractivity contribution in [2.24, 2.45) is 0 Å². The Bertz CT molecular complexity index is 548. The van der Waals surface area contributed by atoms with Crippen LogP contribution in [0.1, 0.15) is 30.9 Å². The lowest BCUT2D eigenvalue weighted by Crippen LogP contribution is -2.12. The number of benzene rings is 2. The summed E-state index contributed by atoms with van der Waals surface area (Å²) < 4.78 is 0. The Hall–Kier alpha value is -2.09. The highest BCUT2D eigenvalue weighted by molar-refractivity contribution is 5.91. The first-order valence-electron chi connectivity index (χ1n) is 7.21. The van der Waals surface area contributed by atoms with Gasteiger partial charge in [0, 0.05) is 12.1 Å². The first-order chi connectivity index (χ1) is 9.79. The second-order valence-corrected chi connectivity index (χ2v) is 4.90. The fraction of sp³-hybridized carbons (Fsp3) is 0.278.